The molecule has 0 fully saturated rings. The summed E-state index contributed by atoms with van der Waals surface area (Å²) < 4.78 is 15.9. The predicted octanol–water partition coefficient (Wildman–Crippen LogP) is 3.91. The number of nitrogens with one attached hydrogen (secondary N) is 1. The molecule has 2 aromatic carbocycles. The predicted molar refractivity (Wildman–Crippen MR) is 116 cm³/mol. The van der Waals surface area contributed by atoms with Gasteiger partial charge >= 0.3 is 5.63 Å². The maximum absolute atomic E-state index is 12.8. The lowest BCUT2D eigenvalue weighted by Crippen LogP contribution is -2.20. The highest BCUT2D eigenvalue weighted by Crippen LogP contribution is 2.26. The van der Waals surface area contributed by atoms with Gasteiger partial charge in [0.1, 0.15) is 5.56 Å². The number of hydrogen-bond donors (Lipinski definition) is 1. The first-order chi connectivity index (χ1) is 15.1. The van der Waals surface area contributed by atoms with E-state index in [9.17, 15) is 9.59 Å². The smallest absolute Gasteiger partial charge is 0.349 e. The summed E-state index contributed by atoms with van der Waals surface area (Å²) in [6.45, 7) is 2.27. The van der Waals surface area contributed by atoms with Crippen molar-refractivity contribution in [1.82, 2.24) is 10.2 Å². The van der Waals surface area contributed by atoms with Crippen molar-refractivity contribution in [3.05, 3.63) is 76.6 Å². The Morgan fingerprint density at radius 2 is 1.90 bits per heavy atom. The van der Waals surface area contributed by atoms with E-state index >= 15 is 0 Å². The molecular formula is C23H19N3O5. The Morgan fingerprint density at radius 3 is 2.65 bits per heavy atom. The van der Waals surface area contributed by atoms with E-state index in [1.54, 1.807) is 48.5 Å². The van der Waals surface area contributed by atoms with Crippen LogP contribution < -0.4 is 20.4 Å². The Bertz CT molecular complexity index is 1300. The van der Waals surface area contributed by atoms with E-state index in [0.717, 1.165) is 5.56 Å². The zero-order valence-electron chi connectivity index (χ0n) is 16.9. The number of ether oxygens (including phenoxy) is 2. The van der Waals surface area contributed by atoms with Crippen LogP contribution in [0, 0.1) is 0 Å². The SMILES string of the molecule is CCOc1cccc2cc(C(=O)Nc3cccc(-c4ccc(OC)nn4)c3)c(=O)oc12. The minimum absolute atomic E-state index is 0.101. The van der Waals surface area contributed by atoms with Gasteiger partial charge < -0.3 is 19.2 Å². The molecule has 156 valence electrons. The lowest BCUT2D eigenvalue weighted by atomic mass is 10.1. The summed E-state index contributed by atoms with van der Waals surface area (Å²) in [5.74, 6) is 0.288. The van der Waals surface area contributed by atoms with Gasteiger partial charge in [0.05, 0.1) is 19.4 Å². The Balaban J connectivity index is 1.61. The van der Waals surface area contributed by atoms with Crippen LogP contribution in [0.4, 0.5) is 5.69 Å². The Morgan fingerprint density at radius 1 is 1.06 bits per heavy atom. The molecule has 8 nitrogen and oxygen atoms in total. The average molecular weight is 417 g/mol. The molecule has 0 unspecified atom stereocenters. The lowest BCUT2D eigenvalue weighted by molar-refractivity contribution is 0.102. The summed E-state index contributed by atoms with van der Waals surface area (Å²) in [6.07, 6.45) is 0. The number of para-hydroxylation sites is 1. The topological polar surface area (TPSA) is 104 Å². The summed E-state index contributed by atoms with van der Waals surface area (Å²) in [5, 5.41) is 11.4. The van der Waals surface area contributed by atoms with Gasteiger partial charge in [0, 0.05) is 22.7 Å². The fraction of sp³-hybridized carbons (Fsp3) is 0.130. The molecule has 0 aliphatic carbocycles. The second-order valence-corrected chi connectivity index (χ2v) is 6.55. The van der Waals surface area contributed by atoms with Gasteiger partial charge in [-0.25, -0.2) is 4.79 Å². The van der Waals surface area contributed by atoms with Gasteiger partial charge in [0.15, 0.2) is 11.3 Å². The molecule has 0 saturated carbocycles. The van der Waals surface area contributed by atoms with Crippen molar-refractivity contribution in [2.24, 2.45) is 0 Å². The molecule has 2 heterocycles. The number of methoxy groups -OCH3 is 1. The maximum atomic E-state index is 12.8. The standard InChI is InChI=1S/C23H19N3O5/c1-3-30-19-9-5-7-15-13-17(23(28)31-21(15)19)22(27)24-16-8-4-6-14(12-16)18-10-11-20(29-2)26-25-18/h4-13H,3H2,1-2H3,(H,24,27). The number of aromatic nitrogens is 2. The molecule has 0 aliphatic rings. The fourth-order valence-electron chi connectivity index (χ4n) is 3.08. The third-order valence-corrected chi connectivity index (χ3v) is 4.53. The quantitative estimate of drug-likeness (QED) is 0.474. The molecule has 2 aromatic heterocycles. The number of hydrogen-bond acceptors (Lipinski definition) is 7. The Labute approximate surface area is 177 Å². The molecule has 8 heteroatoms. The molecule has 0 aliphatic heterocycles. The first-order valence-corrected chi connectivity index (χ1v) is 9.58. The van der Waals surface area contributed by atoms with Gasteiger partial charge in [-0.2, -0.15) is 0 Å². The molecule has 31 heavy (non-hydrogen) atoms. The van der Waals surface area contributed by atoms with E-state index < -0.39 is 11.5 Å². The van der Waals surface area contributed by atoms with Gasteiger partial charge in [0.25, 0.3) is 5.91 Å². The van der Waals surface area contributed by atoms with Crippen LogP contribution in [0.5, 0.6) is 11.6 Å². The third-order valence-electron chi connectivity index (χ3n) is 4.53. The van der Waals surface area contributed by atoms with Gasteiger partial charge in [-0.15, -0.1) is 10.2 Å². The van der Waals surface area contributed by atoms with Crippen LogP contribution in [-0.4, -0.2) is 29.8 Å². The second-order valence-electron chi connectivity index (χ2n) is 6.55. The molecule has 1 N–H and O–H groups in total. The number of amides is 1. The third kappa shape index (κ3) is 4.23. The maximum Gasteiger partial charge on any atom is 0.349 e. The van der Waals surface area contributed by atoms with Crippen LogP contribution in [0.15, 0.2) is 69.9 Å². The zero-order chi connectivity index (χ0) is 21.8. The normalized spacial score (nSPS) is 10.6. The van der Waals surface area contributed by atoms with E-state index in [4.69, 9.17) is 13.9 Å². The van der Waals surface area contributed by atoms with Crippen LogP contribution in [0.3, 0.4) is 0 Å². The summed E-state index contributed by atoms with van der Waals surface area (Å²) >= 11 is 0. The monoisotopic (exact) mass is 417 g/mol. The van der Waals surface area contributed by atoms with Crippen molar-refractivity contribution in [3.8, 4) is 22.9 Å². The number of rotatable bonds is 6. The lowest BCUT2D eigenvalue weighted by Gasteiger charge is -2.09. The summed E-state index contributed by atoms with van der Waals surface area (Å²) in [6, 6.07) is 17.3. The fourth-order valence-corrected chi connectivity index (χ4v) is 3.08. The minimum atomic E-state index is -0.741. The van der Waals surface area contributed by atoms with Crippen LogP contribution in [-0.2, 0) is 0 Å². The molecule has 0 radical (unpaired) electrons. The number of benzene rings is 2. The van der Waals surface area contributed by atoms with Crippen molar-refractivity contribution < 1.29 is 18.7 Å². The van der Waals surface area contributed by atoms with E-state index in [-0.39, 0.29) is 5.56 Å². The number of anilines is 1. The molecule has 0 atom stereocenters. The molecule has 0 bridgehead atoms. The van der Waals surface area contributed by atoms with E-state index in [0.29, 0.717) is 40.6 Å². The van der Waals surface area contributed by atoms with Crippen molar-refractivity contribution in [2.45, 2.75) is 6.92 Å². The number of fused-ring (bicyclic) bond motifs is 1. The second kappa shape index (κ2) is 8.66. The van der Waals surface area contributed by atoms with E-state index in [1.165, 1.54) is 13.2 Å². The summed E-state index contributed by atoms with van der Waals surface area (Å²) in [4.78, 5) is 25.2. The Kier molecular flexibility index (Phi) is 5.61. The molecular weight excluding hydrogens is 398 g/mol. The van der Waals surface area contributed by atoms with Crippen LogP contribution in [0.1, 0.15) is 17.3 Å². The molecule has 4 rings (SSSR count). The van der Waals surface area contributed by atoms with Crippen molar-refractivity contribution >= 4 is 22.6 Å². The van der Waals surface area contributed by atoms with Crippen LogP contribution >= 0.6 is 0 Å². The van der Waals surface area contributed by atoms with Crippen molar-refractivity contribution in [2.75, 3.05) is 19.0 Å². The van der Waals surface area contributed by atoms with E-state index in [1.807, 2.05) is 13.0 Å². The number of nitrogens with zero attached hydrogens (tertiary/aromatic N) is 2. The van der Waals surface area contributed by atoms with Crippen molar-refractivity contribution in [3.63, 3.8) is 0 Å². The average Bonchev–Trinajstić information content (AvgIpc) is 2.79. The van der Waals surface area contributed by atoms with Gasteiger partial charge in [-0.1, -0.05) is 24.3 Å². The van der Waals surface area contributed by atoms with Crippen LogP contribution in [0.2, 0.25) is 0 Å². The highest BCUT2D eigenvalue weighted by atomic mass is 16.5. The van der Waals surface area contributed by atoms with Crippen molar-refractivity contribution in [1.29, 1.82) is 0 Å². The number of carbonyl (C=O) groups is 1. The van der Waals surface area contributed by atoms with Crippen LogP contribution in [0.25, 0.3) is 22.2 Å². The molecule has 1 amide bonds. The van der Waals surface area contributed by atoms with Gasteiger partial charge in [-0.05, 0) is 37.3 Å². The highest BCUT2D eigenvalue weighted by Gasteiger charge is 2.16. The largest absolute Gasteiger partial charge is 0.490 e. The van der Waals surface area contributed by atoms with Gasteiger partial charge in [0.2, 0.25) is 5.88 Å². The molecule has 0 spiro atoms. The highest BCUT2D eigenvalue weighted by molar-refractivity contribution is 6.05. The molecule has 4 aromatic rings. The summed E-state index contributed by atoms with van der Waals surface area (Å²) in [5.41, 5.74) is 1.34. The van der Waals surface area contributed by atoms with E-state index in [2.05, 4.69) is 15.5 Å². The minimum Gasteiger partial charge on any atom is -0.490 e. The first kappa shape index (κ1) is 20.1. The zero-order valence-corrected chi connectivity index (χ0v) is 16.9. The Hall–Kier alpha value is -4.20. The van der Waals surface area contributed by atoms with Gasteiger partial charge in [-0.3, -0.25) is 4.79 Å². The number of carbonyl (C=O) groups excluding carboxylic acids is 1. The first-order valence-electron chi connectivity index (χ1n) is 9.58. The molecule has 0 saturated heterocycles. The summed E-state index contributed by atoms with van der Waals surface area (Å²) in [7, 11) is 1.51.